The topological polar surface area (TPSA) is 12.0 Å². The molecule has 112 valence electrons. The Morgan fingerprint density at radius 3 is 2.67 bits per heavy atom. The van der Waals surface area contributed by atoms with Crippen molar-refractivity contribution < 1.29 is 8.78 Å². The zero-order valence-electron chi connectivity index (χ0n) is 11.6. The molecule has 0 saturated heterocycles. The number of benzene rings is 2. The van der Waals surface area contributed by atoms with E-state index in [4.69, 9.17) is 11.6 Å². The minimum absolute atomic E-state index is 0.133. The molecule has 0 fully saturated rings. The monoisotopic (exact) mass is 327 g/mol. The van der Waals surface area contributed by atoms with Crippen LogP contribution in [0.5, 0.6) is 0 Å². The molecule has 0 aromatic heterocycles. The molecular formula is C16H16ClF2NS. The van der Waals surface area contributed by atoms with Crippen LogP contribution in [0.4, 0.5) is 8.78 Å². The van der Waals surface area contributed by atoms with Crippen molar-refractivity contribution in [3.05, 3.63) is 64.7 Å². The molecule has 0 spiro atoms. The fraction of sp³-hybridized carbons (Fsp3) is 0.250. The number of nitrogens with one attached hydrogen (secondary N) is 1. The van der Waals surface area contributed by atoms with E-state index in [2.05, 4.69) is 5.32 Å². The standard InChI is InChI=1S/C16H16ClF2NS/c1-20-13(7-11-5-6-15(17)16(19)8-11)10-21-14-4-2-3-12(18)9-14/h2-6,8-9,13,20H,7,10H2,1H3. The van der Waals surface area contributed by atoms with Gasteiger partial charge in [-0.3, -0.25) is 0 Å². The first-order chi connectivity index (χ1) is 10.1. The van der Waals surface area contributed by atoms with Crippen LogP contribution in [-0.2, 0) is 6.42 Å². The van der Waals surface area contributed by atoms with E-state index in [-0.39, 0.29) is 16.9 Å². The summed E-state index contributed by atoms with van der Waals surface area (Å²) in [6.45, 7) is 0. The normalized spacial score (nSPS) is 12.4. The Hall–Kier alpha value is -1.10. The van der Waals surface area contributed by atoms with Crippen molar-refractivity contribution in [3.8, 4) is 0 Å². The average molecular weight is 328 g/mol. The molecule has 1 N–H and O–H groups in total. The van der Waals surface area contributed by atoms with E-state index in [1.165, 1.54) is 18.2 Å². The first-order valence-electron chi connectivity index (χ1n) is 6.58. The molecule has 0 bridgehead atoms. The summed E-state index contributed by atoms with van der Waals surface area (Å²) in [5, 5.41) is 3.33. The maximum absolute atomic E-state index is 13.4. The van der Waals surface area contributed by atoms with Crippen molar-refractivity contribution in [1.29, 1.82) is 0 Å². The highest BCUT2D eigenvalue weighted by Crippen LogP contribution is 2.21. The molecule has 0 amide bonds. The largest absolute Gasteiger partial charge is 0.316 e. The van der Waals surface area contributed by atoms with E-state index in [1.807, 2.05) is 19.2 Å². The third kappa shape index (κ3) is 4.99. The maximum atomic E-state index is 13.4. The van der Waals surface area contributed by atoms with Crippen molar-refractivity contribution in [2.24, 2.45) is 0 Å². The molecule has 0 radical (unpaired) electrons. The van der Waals surface area contributed by atoms with Crippen LogP contribution in [0.2, 0.25) is 5.02 Å². The quantitative estimate of drug-likeness (QED) is 0.782. The van der Waals surface area contributed by atoms with Gasteiger partial charge >= 0.3 is 0 Å². The van der Waals surface area contributed by atoms with Gasteiger partial charge in [-0.1, -0.05) is 23.7 Å². The van der Waals surface area contributed by atoms with Gasteiger partial charge in [0, 0.05) is 16.7 Å². The predicted molar refractivity (Wildman–Crippen MR) is 85.1 cm³/mol. The Kier molecular flexibility index (Phi) is 6.03. The number of halogens is 3. The molecule has 0 aliphatic heterocycles. The van der Waals surface area contributed by atoms with Crippen LogP contribution in [0.25, 0.3) is 0 Å². The van der Waals surface area contributed by atoms with Crippen molar-refractivity contribution in [2.45, 2.75) is 17.4 Å². The van der Waals surface area contributed by atoms with E-state index in [0.717, 1.165) is 16.2 Å². The summed E-state index contributed by atoms with van der Waals surface area (Å²) in [6, 6.07) is 11.5. The number of hydrogen-bond acceptors (Lipinski definition) is 2. The lowest BCUT2D eigenvalue weighted by molar-refractivity contribution is 0.602. The molecule has 0 aliphatic carbocycles. The van der Waals surface area contributed by atoms with Gasteiger partial charge in [-0.25, -0.2) is 8.78 Å². The smallest absolute Gasteiger partial charge is 0.142 e. The lowest BCUT2D eigenvalue weighted by Crippen LogP contribution is -2.30. The molecule has 0 aliphatic rings. The van der Waals surface area contributed by atoms with E-state index in [9.17, 15) is 8.78 Å². The van der Waals surface area contributed by atoms with Crippen LogP contribution in [0.15, 0.2) is 47.4 Å². The summed E-state index contributed by atoms with van der Waals surface area (Å²) in [7, 11) is 1.86. The van der Waals surface area contributed by atoms with E-state index in [0.29, 0.717) is 6.42 Å². The van der Waals surface area contributed by atoms with Crippen molar-refractivity contribution in [2.75, 3.05) is 12.8 Å². The molecular weight excluding hydrogens is 312 g/mol. The fourth-order valence-electron chi connectivity index (χ4n) is 1.95. The average Bonchev–Trinajstić information content (AvgIpc) is 2.47. The Morgan fingerprint density at radius 1 is 1.19 bits per heavy atom. The highest BCUT2D eigenvalue weighted by molar-refractivity contribution is 7.99. The third-order valence-corrected chi connectivity index (χ3v) is 4.58. The first kappa shape index (κ1) is 16.3. The summed E-state index contributed by atoms with van der Waals surface area (Å²) in [6.07, 6.45) is 0.687. The number of rotatable bonds is 6. The van der Waals surface area contributed by atoms with Gasteiger partial charge in [0.2, 0.25) is 0 Å². The summed E-state index contributed by atoms with van der Waals surface area (Å²) in [5.74, 6) is 0.132. The molecule has 0 heterocycles. The zero-order chi connectivity index (χ0) is 15.2. The Balaban J connectivity index is 1.95. The number of likely N-dealkylation sites (N-methyl/N-ethyl adjacent to an activating group) is 1. The second-order valence-electron chi connectivity index (χ2n) is 4.71. The lowest BCUT2D eigenvalue weighted by Gasteiger charge is -2.16. The van der Waals surface area contributed by atoms with Crippen LogP contribution in [0.3, 0.4) is 0 Å². The van der Waals surface area contributed by atoms with Crippen LogP contribution in [0, 0.1) is 11.6 Å². The summed E-state index contributed by atoms with van der Waals surface area (Å²) in [4.78, 5) is 0.887. The van der Waals surface area contributed by atoms with Crippen molar-refractivity contribution in [1.82, 2.24) is 5.32 Å². The van der Waals surface area contributed by atoms with E-state index < -0.39 is 5.82 Å². The summed E-state index contributed by atoms with van der Waals surface area (Å²) >= 11 is 7.25. The zero-order valence-corrected chi connectivity index (χ0v) is 13.1. The minimum Gasteiger partial charge on any atom is -0.316 e. The molecule has 2 aromatic carbocycles. The van der Waals surface area contributed by atoms with Crippen LogP contribution in [0.1, 0.15) is 5.56 Å². The van der Waals surface area contributed by atoms with Gasteiger partial charge < -0.3 is 5.32 Å². The second kappa shape index (κ2) is 7.78. The highest BCUT2D eigenvalue weighted by Gasteiger charge is 2.10. The lowest BCUT2D eigenvalue weighted by atomic mass is 10.1. The Bertz CT molecular complexity index is 607. The van der Waals surface area contributed by atoms with Gasteiger partial charge in [-0.05, 0) is 49.4 Å². The fourth-order valence-corrected chi connectivity index (χ4v) is 3.12. The molecule has 1 nitrogen and oxygen atoms in total. The molecule has 2 aromatic rings. The second-order valence-corrected chi connectivity index (χ2v) is 6.21. The summed E-state index contributed by atoms with van der Waals surface area (Å²) in [5.41, 5.74) is 0.885. The van der Waals surface area contributed by atoms with Gasteiger partial charge in [-0.15, -0.1) is 11.8 Å². The Labute approximate surface area is 132 Å². The molecule has 5 heteroatoms. The molecule has 0 saturated carbocycles. The van der Waals surface area contributed by atoms with Gasteiger partial charge in [0.1, 0.15) is 11.6 Å². The third-order valence-electron chi connectivity index (χ3n) is 3.12. The Morgan fingerprint density at radius 2 is 2.00 bits per heavy atom. The number of hydrogen-bond donors (Lipinski definition) is 1. The van der Waals surface area contributed by atoms with Crippen molar-refractivity contribution >= 4 is 23.4 Å². The van der Waals surface area contributed by atoms with Gasteiger partial charge in [0.25, 0.3) is 0 Å². The van der Waals surface area contributed by atoms with Gasteiger partial charge in [-0.2, -0.15) is 0 Å². The first-order valence-corrected chi connectivity index (χ1v) is 7.94. The summed E-state index contributed by atoms with van der Waals surface area (Å²) < 4.78 is 26.5. The molecule has 1 atom stereocenters. The van der Waals surface area contributed by atoms with Crippen LogP contribution < -0.4 is 5.32 Å². The van der Waals surface area contributed by atoms with E-state index >= 15 is 0 Å². The van der Waals surface area contributed by atoms with Gasteiger partial charge in [0.05, 0.1) is 5.02 Å². The molecule has 2 rings (SSSR count). The van der Waals surface area contributed by atoms with E-state index in [1.54, 1.807) is 23.9 Å². The van der Waals surface area contributed by atoms with Crippen LogP contribution in [-0.4, -0.2) is 18.8 Å². The van der Waals surface area contributed by atoms with Crippen molar-refractivity contribution in [3.63, 3.8) is 0 Å². The van der Waals surface area contributed by atoms with Gasteiger partial charge in [0.15, 0.2) is 0 Å². The maximum Gasteiger partial charge on any atom is 0.142 e. The van der Waals surface area contributed by atoms with Crippen LogP contribution >= 0.6 is 23.4 Å². The molecule has 1 unspecified atom stereocenters. The molecule has 21 heavy (non-hydrogen) atoms. The SMILES string of the molecule is CNC(CSc1cccc(F)c1)Cc1ccc(Cl)c(F)c1. The highest BCUT2D eigenvalue weighted by atomic mass is 35.5. The number of thioether (sulfide) groups is 1. The minimum atomic E-state index is -0.401. The predicted octanol–water partition coefficient (Wildman–Crippen LogP) is 4.54.